The van der Waals surface area contributed by atoms with E-state index >= 15 is 0 Å². The van der Waals surface area contributed by atoms with Crippen molar-refractivity contribution in [1.29, 1.82) is 0 Å². The van der Waals surface area contributed by atoms with E-state index in [2.05, 4.69) is 91.8 Å². The van der Waals surface area contributed by atoms with Crippen LogP contribution in [0.15, 0.2) is 93.8 Å². The number of benzene rings is 4. The standard InChI is InChI=1S/C17H17.C15H8F6.C12H19.2ClH.Zr/c1-10-5-14-9-15-6-11(2)13(4)8-17(15)16(14)7-12(10)3;16-14(17,18)12-5-1-10(2-6-12)9-11-3-7-13(8-4-11)15(19,20)21;1-5-6-10-7-8-11(9-10)12(2,3)4;;;/h5-9H,1-4H3;1-8H;8-10H,5-6H2,1-4H3;2*1H;/q;;;;;+2/p-2. The van der Waals surface area contributed by atoms with Gasteiger partial charge in [-0.2, -0.15) is 0 Å². The largest absolute Gasteiger partial charge is 1.00 e. The fraction of sp³-hybridized carbons (Fsp3) is 0.341. The molecule has 53 heavy (non-hydrogen) atoms. The van der Waals surface area contributed by atoms with Crippen molar-refractivity contribution in [2.24, 2.45) is 11.3 Å². The number of fused-ring (bicyclic) bond motifs is 3. The third-order valence-electron chi connectivity index (χ3n) is 10.7. The summed E-state index contributed by atoms with van der Waals surface area (Å²) in [7, 11) is 0. The van der Waals surface area contributed by atoms with Crippen LogP contribution in [0.4, 0.5) is 26.3 Å². The Labute approximate surface area is 329 Å². The van der Waals surface area contributed by atoms with E-state index in [1.54, 1.807) is 0 Å². The second-order valence-electron chi connectivity index (χ2n) is 15.3. The molecule has 6 rings (SSSR count). The smallest absolute Gasteiger partial charge is 1.00 e. The molecule has 2 aliphatic carbocycles. The first-order valence-corrected chi connectivity index (χ1v) is 21.4. The molecule has 0 saturated heterocycles. The number of aryl methyl sites for hydroxylation is 4. The molecule has 0 aromatic heterocycles. The summed E-state index contributed by atoms with van der Waals surface area (Å²) in [6.07, 6.45) is -2.44. The normalized spacial score (nSPS) is 15.4. The molecule has 0 bridgehead atoms. The topological polar surface area (TPSA) is 0 Å². The molecule has 0 saturated carbocycles. The Hall–Kier alpha value is -2.73. The Kier molecular flexibility index (Phi) is 12.8. The van der Waals surface area contributed by atoms with Crippen LogP contribution in [0.25, 0.3) is 11.1 Å². The van der Waals surface area contributed by atoms with Gasteiger partial charge in [0.05, 0.1) is 0 Å². The SMILES string of the molecule is CCCC1C=C(C(C)(C)C)C=[C]1[Zr+2](=[C](c1ccc(C(F)(F)F)cc1)c1ccc(C(F)(F)F)cc1)[CH]1c2cc(C)c(C)cc2-c2cc(C)c(C)cc21.[Cl-].[Cl-]. The van der Waals surface area contributed by atoms with E-state index < -0.39 is 44.7 Å². The third-order valence-corrected chi connectivity index (χ3v) is 19.2. The maximum atomic E-state index is 13.9. The van der Waals surface area contributed by atoms with Crippen LogP contribution in [0.5, 0.6) is 0 Å². The van der Waals surface area contributed by atoms with Crippen molar-refractivity contribution in [2.45, 2.75) is 84.2 Å². The van der Waals surface area contributed by atoms with Gasteiger partial charge in [0.1, 0.15) is 0 Å². The van der Waals surface area contributed by atoms with Gasteiger partial charge in [0, 0.05) is 0 Å². The molecule has 280 valence electrons. The molecule has 2 aliphatic rings. The average Bonchev–Trinajstić information content (AvgIpc) is 3.59. The van der Waals surface area contributed by atoms with Crippen molar-refractivity contribution < 1.29 is 72.4 Å². The zero-order valence-electron chi connectivity index (χ0n) is 31.2. The van der Waals surface area contributed by atoms with Gasteiger partial charge in [-0.3, -0.25) is 0 Å². The molecule has 0 fully saturated rings. The summed E-state index contributed by atoms with van der Waals surface area (Å²) >= 11 is -3.52. The molecular formula is C44H44Cl2F6Zr. The van der Waals surface area contributed by atoms with Crippen molar-refractivity contribution in [3.8, 4) is 11.1 Å². The molecule has 0 N–H and O–H groups in total. The Balaban J connectivity index is 0.00000314. The van der Waals surface area contributed by atoms with E-state index in [1.807, 2.05) is 0 Å². The first-order chi connectivity index (χ1) is 23.8. The number of rotatable bonds is 6. The fourth-order valence-corrected chi connectivity index (χ4v) is 17.2. The molecular weight excluding hydrogens is 805 g/mol. The fourth-order valence-electron chi connectivity index (χ4n) is 7.61. The molecule has 0 nitrogen and oxygen atoms in total. The van der Waals surface area contributed by atoms with Crippen LogP contribution >= 0.6 is 0 Å². The monoisotopic (exact) mass is 846 g/mol. The molecule has 1 unspecified atom stereocenters. The minimum absolute atomic E-state index is 0. The van der Waals surface area contributed by atoms with Gasteiger partial charge >= 0.3 is 307 Å². The second-order valence-corrected chi connectivity index (χ2v) is 21.4. The van der Waals surface area contributed by atoms with Gasteiger partial charge in [0.2, 0.25) is 0 Å². The van der Waals surface area contributed by atoms with Gasteiger partial charge in [0.25, 0.3) is 0 Å². The van der Waals surface area contributed by atoms with E-state index in [1.165, 1.54) is 66.5 Å². The Morgan fingerprint density at radius 1 is 0.623 bits per heavy atom. The number of halogens is 8. The zero-order valence-corrected chi connectivity index (χ0v) is 35.1. The summed E-state index contributed by atoms with van der Waals surface area (Å²) in [5, 5.41) is 0. The van der Waals surface area contributed by atoms with E-state index in [4.69, 9.17) is 0 Å². The van der Waals surface area contributed by atoms with Gasteiger partial charge in [-0.1, -0.05) is 0 Å². The Morgan fingerprint density at radius 2 is 1.02 bits per heavy atom. The van der Waals surface area contributed by atoms with Gasteiger partial charge in [0.15, 0.2) is 0 Å². The summed E-state index contributed by atoms with van der Waals surface area (Å²) in [5.74, 6) is 0.128. The molecule has 0 spiro atoms. The predicted molar refractivity (Wildman–Crippen MR) is 193 cm³/mol. The van der Waals surface area contributed by atoms with Crippen molar-refractivity contribution >= 4 is 3.21 Å². The van der Waals surface area contributed by atoms with Crippen LogP contribution in [0, 0.1) is 39.0 Å². The van der Waals surface area contributed by atoms with Crippen LogP contribution in [0.2, 0.25) is 0 Å². The van der Waals surface area contributed by atoms with Crippen molar-refractivity contribution in [3.05, 3.63) is 149 Å². The van der Waals surface area contributed by atoms with Gasteiger partial charge < -0.3 is 24.8 Å². The number of allylic oxidation sites excluding steroid dienone is 4. The minimum Gasteiger partial charge on any atom is -1.00 e. The quantitative estimate of drug-likeness (QED) is 0.180. The van der Waals surface area contributed by atoms with Crippen molar-refractivity contribution in [1.82, 2.24) is 0 Å². The second kappa shape index (κ2) is 15.8. The van der Waals surface area contributed by atoms with Crippen LogP contribution in [0.3, 0.4) is 0 Å². The molecule has 1 atom stereocenters. The van der Waals surface area contributed by atoms with E-state index in [0.29, 0.717) is 11.1 Å². The molecule has 4 aromatic rings. The Morgan fingerprint density at radius 3 is 1.38 bits per heavy atom. The summed E-state index contributed by atoms with van der Waals surface area (Å²) in [5.41, 5.74) is 10.3. The summed E-state index contributed by atoms with van der Waals surface area (Å²) < 4.78 is 85.6. The number of hydrogen-bond donors (Lipinski definition) is 0. The molecule has 0 amide bonds. The molecule has 9 heteroatoms. The third kappa shape index (κ3) is 8.43. The van der Waals surface area contributed by atoms with Gasteiger partial charge in [-0.05, 0) is 0 Å². The van der Waals surface area contributed by atoms with E-state index in [9.17, 15) is 26.3 Å². The molecule has 0 aliphatic heterocycles. The van der Waals surface area contributed by atoms with Crippen LogP contribution in [-0.4, -0.2) is 3.21 Å². The Bertz CT molecular complexity index is 1980. The van der Waals surface area contributed by atoms with Crippen LogP contribution < -0.4 is 24.8 Å². The average molecular weight is 849 g/mol. The summed E-state index contributed by atoms with van der Waals surface area (Å²) in [6, 6.07) is 19.7. The number of hydrogen-bond acceptors (Lipinski definition) is 0. The predicted octanol–water partition coefficient (Wildman–Crippen LogP) is 7.21. The van der Waals surface area contributed by atoms with Gasteiger partial charge in [-0.25, -0.2) is 0 Å². The van der Waals surface area contributed by atoms with Crippen molar-refractivity contribution in [2.75, 3.05) is 0 Å². The summed E-state index contributed by atoms with van der Waals surface area (Å²) in [4.78, 5) is 0. The molecule has 0 heterocycles. The first kappa shape index (κ1) is 43.0. The first-order valence-electron chi connectivity index (χ1n) is 17.6. The van der Waals surface area contributed by atoms with Crippen LogP contribution in [-0.2, 0) is 33.6 Å². The zero-order chi connectivity index (χ0) is 37.2. The minimum atomic E-state index is -4.52. The molecule has 4 aromatic carbocycles. The van der Waals surface area contributed by atoms with E-state index in [0.717, 1.165) is 51.4 Å². The van der Waals surface area contributed by atoms with Gasteiger partial charge in [-0.15, -0.1) is 0 Å². The number of alkyl halides is 6. The van der Waals surface area contributed by atoms with E-state index in [-0.39, 0.29) is 39.8 Å². The maximum Gasteiger partial charge on any atom is -1.00 e. The molecule has 0 radical (unpaired) electrons. The van der Waals surface area contributed by atoms with Crippen LogP contribution in [0.1, 0.15) is 99.8 Å². The summed E-state index contributed by atoms with van der Waals surface area (Å²) in [6.45, 7) is 17.2. The maximum absolute atomic E-state index is 13.9. The van der Waals surface area contributed by atoms with Crippen molar-refractivity contribution in [3.63, 3.8) is 0 Å².